The van der Waals surface area contributed by atoms with Gasteiger partial charge in [-0.1, -0.05) is 15.9 Å². The number of carbonyl (C=O) groups excluding carboxylic acids is 2. The van der Waals surface area contributed by atoms with Gasteiger partial charge in [0.15, 0.2) is 30.0 Å². The summed E-state index contributed by atoms with van der Waals surface area (Å²) >= 11 is 3.32. The van der Waals surface area contributed by atoms with Crippen molar-refractivity contribution >= 4 is 27.7 Å². The van der Waals surface area contributed by atoms with Crippen LogP contribution in [0, 0.1) is 0 Å². The van der Waals surface area contributed by atoms with E-state index in [0.717, 1.165) is 4.47 Å². The van der Waals surface area contributed by atoms with Gasteiger partial charge in [-0.3, -0.25) is 4.79 Å². The molecule has 0 N–H and O–H groups in total. The summed E-state index contributed by atoms with van der Waals surface area (Å²) in [4.78, 5) is 24.1. The fraction of sp³-hybridized carbons (Fsp3) is 0.222. The van der Waals surface area contributed by atoms with Crippen molar-refractivity contribution in [2.75, 3.05) is 13.4 Å². The third-order valence-electron chi connectivity index (χ3n) is 3.50. The maximum Gasteiger partial charge on any atom is 0.347 e. The standard InChI is InChI=1S/C18H15BrO6/c1-11(25-14-5-3-13(19)4-6-14)18(21)22-9-15(20)12-2-7-16-17(8-12)24-10-23-16/h2-8,11H,9-10H2,1H3/t11-/m0/s1. The first-order valence-corrected chi connectivity index (χ1v) is 8.34. The lowest BCUT2D eigenvalue weighted by molar-refractivity contribution is -0.149. The van der Waals surface area contributed by atoms with E-state index in [9.17, 15) is 9.59 Å². The number of carbonyl (C=O) groups is 2. The second kappa shape index (κ2) is 7.57. The number of halogens is 1. The van der Waals surface area contributed by atoms with Gasteiger partial charge in [-0.25, -0.2) is 4.79 Å². The first-order chi connectivity index (χ1) is 12.0. The van der Waals surface area contributed by atoms with Crippen molar-refractivity contribution in [2.24, 2.45) is 0 Å². The van der Waals surface area contributed by atoms with Crippen molar-refractivity contribution in [1.82, 2.24) is 0 Å². The van der Waals surface area contributed by atoms with E-state index in [2.05, 4.69) is 15.9 Å². The van der Waals surface area contributed by atoms with E-state index >= 15 is 0 Å². The van der Waals surface area contributed by atoms with Crippen LogP contribution in [0.25, 0.3) is 0 Å². The highest BCUT2D eigenvalue weighted by atomic mass is 79.9. The highest BCUT2D eigenvalue weighted by Gasteiger charge is 2.20. The summed E-state index contributed by atoms with van der Waals surface area (Å²) in [6.07, 6.45) is -0.828. The first kappa shape index (κ1) is 17.3. The molecule has 0 saturated heterocycles. The summed E-state index contributed by atoms with van der Waals surface area (Å²) in [6, 6.07) is 11.9. The Balaban J connectivity index is 1.52. The Morgan fingerprint density at radius 1 is 1.12 bits per heavy atom. The maximum atomic E-state index is 12.1. The lowest BCUT2D eigenvalue weighted by atomic mass is 10.1. The minimum Gasteiger partial charge on any atom is -0.479 e. The molecule has 0 saturated carbocycles. The molecular formula is C18H15BrO6. The van der Waals surface area contributed by atoms with Crippen molar-refractivity contribution in [1.29, 1.82) is 0 Å². The molecule has 0 aliphatic carbocycles. The number of ether oxygens (including phenoxy) is 4. The molecule has 0 amide bonds. The van der Waals surface area contributed by atoms with E-state index < -0.39 is 12.1 Å². The highest BCUT2D eigenvalue weighted by Crippen LogP contribution is 2.32. The van der Waals surface area contributed by atoms with Gasteiger partial charge in [0.25, 0.3) is 0 Å². The number of Topliss-reactive ketones (excluding diaryl/α,β-unsaturated/α-hetero) is 1. The Morgan fingerprint density at radius 2 is 1.84 bits per heavy atom. The molecule has 0 bridgehead atoms. The molecule has 0 aromatic heterocycles. The van der Waals surface area contributed by atoms with Crippen molar-refractivity contribution in [3.05, 3.63) is 52.5 Å². The van der Waals surface area contributed by atoms with Gasteiger partial charge in [-0.2, -0.15) is 0 Å². The topological polar surface area (TPSA) is 71.1 Å². The summed E-state index contributed by atoms with van der Waals surface area (Å²) in [5, 5.41) is 0. The van der Waals surface area contributed by atoms with Crippen LogP contribution in [0.4, 0.5) is 0 Å². The second-order valence-corrected chi connectivity index (χ2v) is 6.23. The molecular weight excluding hydrogens is 392 g/mol. The van der Waals surface area contributed by atoms with E-state index in [1.165, 1.54) is 0 Å². The van der Waals surface area contributed by atoms with Crippen LogP contribution >= 0.6 is 15.9 Å². The Kier molecular flexibility index (Phi) is 5.23. The minimum absolute atomic E-state index is 0.132. The number of hydrogen-bond acceptors (Lipinski definition) is 6. The zero-order valence-electron chi connectivity index (χ0n) is 13.4. The Labute approximate surface area is 152 Å². The molecule has 2 aromatic carbocycles. The van der Waals surface area contributed by atoms with Gasteiger partial charge in [0.1, 0.15) is 5.75 Å². The molecule has 0 fully saturated rings. The fourth-order valence-electron chi connectivity index (χ4n) is 2.17. The Hall–Kier alpha value is -2.54. The van der Waals surface area contributed by atoms with Gasteiger partial charge in [-0.15, -0.1) is 0 Å². The van der Waals surface area contributed by atoms with Crippen LogP contribution in [0.2, 0.25) is 0 Å². The van der Waals surface area contributed by atoms with Crippen molar-refractivity contribution in [3.8, 4) is 17.2 Å². The summed E-state index contributed by atoms with van der Waals surface area (Å²) in [6.45, 7) is 1.33. The molecule has 2 aromatic rings. The molecule has 0 radical (unpaired) electrons. The minimum atomic E-state index is -0.828. The number of benzene rings is 2. The van der Waals surface area contributed by atoms with Gasteiger partial charge < -0.3 is 18.9 Å². The molecule has 1 aliphatic heterocycles. The zero-order chi connectivity index (χ0) is 17.8. The van der Waals surface area contributed by atoms with Gasteiger partial charge in [-0.05, 0) is 49.4 Å². The van der Waals surface area contributed by atoms with E-state index in [1.807, 2.05) is 0 Å². The Bertz CT molecular complexity index is 787. The predicted octanol–water partition coefficient (Wildman–Crippen LogP) is 3.37. The fourth-order valence-corrected chi connectivity index (χ4v) is 2.44. The lowest BCUT2D eigenvalue weighted by Crippen LogP contribution is -2.28. The van der Waals surface area contributed by atoms with E-state index in [1.54, 1.807) is 49.4 Å². The van der Waals surface area contributed by atoms with Gasteiger partial charge in [0, 0.05) is 10.0 Å². The SMILES string of the molecule is C[C@H](Oc1ccc(Br)cc1)C(=O)OCC(=O)c1ccc2c(c1)OCO2. The number of ketones is 1. The van der Waals surface area contributed by atoms with Crippen LogP contribution in [0.15, 0.2) is 46.9 Å². The third-order valence-corrected chi connectivity index (χ3v) is 4.03. The van der Waals surface area contributed by atoms with E-state index in [0.29, 0.717) is 22.8 Å². The van der Waals surface area contributed by atoms with Gasteiger partial charge in [0.05, 0.1) is 0 Å². The van der Waals surface area contributed by atoms with E-state index in [4.69, 9.17) is 18.9 Å². The Morgan fingerprint density at radius 3 is 2.60 bits per heavy atom. The highest BCUT2D eigenvalue weighted by molar-refractivity contribution is 9.10. The normalized spacial score (nSPS) is 13.2. The number of fused-ring (bicyclic) bond motifs is 1. The molecule has 7 heteroatoms. The lowest BCUT2D eigenvalue weighted by Gasteiger charge is -2.13. The van der Waals surface area contributed by atoms with Crippen molar-refractivity contribution in [2.45, 2.75) is 13.0 Å². The zero-order valence-corrected chi connectivity index (χ0v) is 14.9. The van der Waals surface area contributed by atoms with Gasteiger partial charge in [0.2, 0.25) is 6.79 Å². The monoisotopic (exact) mass is 406 g/mol. The molecule has 1 atom stereocenters. The van der Waals surface area contributed by atoms with Crippen LogP contribution in [0.5, 0.6) is 17.2 Å². The van der Waals surface area contributed by atoms with E-state index in [-0.39, 0.29) is 19.2 Å². The molecule has 1 heterocycles. The average molecular weight is 407 g/mol. The molecule has 1 aliphatic rings. The summed E-state index contributed by atoms with van der Waals surface area (Å²) in [5.74, 6) is 0.684. The molecule has 0 unspecified atom stereocenters. The summed E-state index contributed by atoms with van der Waals surface area (Å²) in [7, 11) is 0. The maximum absolute atomic E-state index is 12.1. The molecule has 25 heavy (non-hydrogen) atoms. The number of rotatable bonds is 6. The average Bonchev–Trinajstić information content (AvgIpc) is 3.08. The number of esters is 1. The van der Waals surface area contributed by atoms with Gasteiger partial charge >= 0.3 is 5.97 Å². The van der Waals surface area contributed by atoms with Crippen molar-refractivity contribution < 1.29 is 28.5 Å². The first-order valence-electron chi connectivity index (χ1n) is 7.54. The van der Waals surface area contributed by atoms with Crippen LogP contribution in [-0.2, 0) is 9.53 Å². The second-order valence-electron chi connectivity index (χ2n) is 5.31. The number of hydrogen-bond donors (Lipinski definition) is 0. The summed E-state index contributed by atoms with van der Waals surface area (Å²) < 4.78 is 21.8. The van der Waals surface area contributed by atoms with Crippen molar-refractivity contribution in [3.63, 3.8) is 0 Å². The smallest absolute Gasteiger partial charge is 0.347 e. The van der Waals surface area contributed by atoms with Crippen LogP contribution in [-0.4, -0.2) is 31.3 Å². The third kappa shape index (κ3) is 4.30. The van der Waals surface area contributed by atoms with Crippen LogP contribution < -0.4 is 14.2 Å². The van der Waals surface area contributed by atoms with Crippen LogP contribution in [0.1, 0.15) is 17.3 Å². The predicted molar refractivity (Wildman–Crippen MR) is 92.1 cm³/mol. The van der Waals surface area contributed by atoms with Crippen LogP contribution in [0.3, 0.4) is 0 Å². The molecule has 130 valence electrons. The molecule has 3 rings (SSSR count). The quantitative estimate of drug-likeness (QED) is 0.540. The summed E-state index contributed by atoms with van der Waals surface area (Å²) in [5.41, 5.74) is 0.388. The molecule has 6 nitrogen and oxygen atoms in total. The molecule has 0 spiro atoms. The largest absolute Gasteiger partial charge is 0.479 e.